The maximum atomic E-state index is 12.0. The Hall–Kier alpha value is -0.990. The van der Waals surface area contributed by atoms with Crippen molar-refractivity contribution in [1.82, 2.24) is 4.90 Å². The average Bonchev–Trinajstić information content (AvgIpc) is 2.40. The highest BCUT2D eigenvalue weighted by Crippen LogP contribution is 2.29. The minimum atomic E-state index is -0.00168. The summed E-state index contributed by atoms with van der Waals surface area (Å²) in [6, 6.07) is 5.61. The quantitative estimate of drug-likeness (QED) is 0.693. The predicted octanol–water partition coefficient (Wildman–Crippen LogP) is 4.77. The fraction of sp³-hybridized carbons (Fsp3) is 0.438. The summed E-state index contributed by atoms with van der Waals surface area (Å²) >= 11 is 12.0. The van der Waals surface area contributed by atoms with Crippen molar-refractivity contribution in [2.75, 3.05) is 13.6 Å². The van der Waals surface area contributed by atoms with Gasteiger partial charge >= 0.3 is 0 Å². The third-order valence-electron chi connectivity index (χ3n) is 3.23. The maximum absolute atomic E-state index is 12.0. The second-order valence-electron chi connectivity index (χ2n) is 5.27. The molecule has 110 valence electrons. The first-order valence-electron chi connectivity index (χ1n) is 6.67. The van der Waals surface area contributed by atoms with Gasteiger partial charge in [-0.15, -0.1) is 6.58 Å². The van der Waals surface area contributed by atoms with E-state index in [4.69, 9.17) is 23.2 Å². The molecule has 0 spiro atoms. The van der Waals surface area contributed by atoms with Gasteiger partial charge in [0, 0.05) is 25.4 Å². The van der Waals surface area contributed by atoms with Crippen molar-refractivity contribution in [2.24, 2.45) is 5.92 Å². The van der Waals surface area contributed by atoms with Crippen molar-refractivity contribution < 1.29 is 4.79 Å². The van der Waals surface area contributed by atoms with Crippen molar-refractivity contribution in [1.29, 1.82) is 0 Å². The van der Waals surface area contributed by atoms with Crippen molar-refractivity contribution in [3.63, 3.8) is 0 Å². The Morgan fingerprint density at radius 3 is 2.50 bits per heavy atom. The molecular formula is C16H21Cl2NO. The largest absolute Gasteiger partial charge is 0.345 e. The van der Waals surface area contributed by atoms with Crippen LogP contribution in [0.2, 0.25) is 10.0 Å². The van der Waals surface area contributed by atoms with E-state index in [9.17, 15) is 4.79 Å². The van der Waals surface area contributed by atoms with Gasteiger partial charge in [0.15, 0.2) is 0 Å². The molecule has 0 aromatic heterocycles. The Kier molecular flexibility index (Phi) is 6.57. The number of hydrogen-bond acceptors (Lipinski definition) is 1. The number of likely N-dealkylation sites (N-methyl/N-ethyl adjacent to an activating group) is 1. The summed E-state index contributed by atoms with van der Waals surface area (Å²) in [5.41, 5.74) is 1.07. The van der Waals surface area contributed by atoms with E-state index in [1.165, 1.54) is 0 Å². The van der Waals surface area contributed by atoms with Crippen LogP contribution in [0.1, 0.15) is 31.7 Å². The fourth-order valence-corrected chi connectivity index (χ4v) is 2.45. The van der Waals surface area contributed by atoms with Gasteiger partial charge in [0.1, 0.15) is 0 Å². The Bertz CT molecular complexity index is 485. The summed E-state index contributed by atoms with van der Waals surface area (Å²) < 4.78 is 0. The molecule has 0 aliphatic rings. The van der Waals surface area contributed by atoms with Crippen LogP contribution in [0.25, 0.3) is 0 Å². The lowest BCUT2D eigenvalue weighted by Gasteiger charge is -2.25. The van der Waals surface area contributed by atoms with Crippen LogP contribution in [0.5, 0.6) is 0 Å². The number of rotatable bonds is 6. The molecule has 0 saturated carbocycles. The molecule has 1 unspecified atom stereocenters. The molecule has 0 heterocycles. The zero-order valence-corrected chi connectivity index (χ0v) is 13.7. The van der Waals surface area contributed by atoms with Crippen LogP contribution in [0.3, 0.4) is 0 Å². The monoisotopic (exact) mass is 313 g/mol. The molecule has 4 heteroatoms. The number of benzene rings is 1. The lowest BCUT2D eigenvalue weighted by molar-refractivity contribution is -0.133. The summed E-state index contributed by atoms with van der Waals surface area (Å²) in [6.07, 6.45) is 2.65. The second kappa shape index (κ2) is 7.70. The standard InChI is InChI=1S/C16H21Cl2NO/c1-5-6-13(10-19(4)16(20)11(2)3)12-7-8-14(17)15(18)9-12/h5,7-9,11,13H,1,6,10H2,2-4H3. The van der Waals surface area contributed by atoms with Gasteiger partial charge < -0.3 is 4.90 Å². The SMILES string of the molecule is C=CCC(CN(C)C(=O)C(C)C)c1ccc(Cl)c(Cl)c1. The van der Waals surface area contributed by atoms with Crippen molar-refractivity contribution >= 4 is 29.1 Å². The molecular weight excluding hydrogens is 293 g/mol. The number of allylic oxidation sites excluding steroid dienone is 1. The van der Waals surface area contributed by atoms with Gasteiger partial charge in [-0.25, -0.2) is 0 Å². The molecule has 1 atom stereocenters. The third-order valence-corrected chi connectivity index (χ3v) is 3.97. The fourth-order valence-electron chi connectivity index (χ4n) is 2.14. The minimum Gasteiger partial charge on any atom is -0.345 e. The average molecular weight is 314 g/mol. The van der Waals surface area contributed by atoms with Gasteiger partial charge in [-0.2, -0.15) is 0 Å². The number of halogens is 2. The molecule has 0 N–H and O–H groups in total. The molecule has 0 aliphatic carbocycles. The van der Waals surface area contributed by atoms with Crippen LogP contribution in [-0.2, 0) is 4.79 Å². The molecule has 0 bridgehead atoms. The zero-order valence-electron chi connectivity index (χ0n) is 12.2. The highest BCUT2D eigenvalue weighted by atomic mass is 35.5. The van der Waals surface area contributed by atoms with E-state index >= 15 is 0 Å². The summed E-state index contributed by atoms with van der Waals surface area (Å²) in [5.74, 6) is 0.312. The van der Waals surface area contributed by atoms with Crippen LogP contribution in [0, 0.1) is 5.92 Å². The molecule has 0 radical (unpaired) electrons. The normalized spacial score (nSPS) is 12.3. The molecule has 0 aliphatic heterocycles. The molecule has 1 amide bonds. The molecule has 1 aromatic carbocycles. The van der Waals surface area contributed by atoms with E-state index in [1.807, 2.05) is 39.1 Å². The lowest BCUT2D eigenvalue weighted by Crippen LogP contribution is -2.34. The topological polar surface area (TPSA) is 20.3 Å². The van der Waals surface area contributed by atoms with E-state index in [1.54, 1.807) is 11.0 Å². The van der Waals surface area contributed by atoms with Crippen LogP contribution in [0.4, 0.5) is 0 Å². The van der Waals surface area contributed by atoms with Crippen LogP contribution >= 0.6 is 23.2 Å². The smallest absolute Gasteiger partial charge is 0.224 e. The maximum Gasteiger partial charge on any atom is 0.224 e. The number of carbonyl (C=O) groups is 1. The Morgan fingerprint density at radius 2 is 2.00 bits per heavy atom. The molecule has 0 saturated heterocycles. The Balaban J connectivity index is 2.91. The summed E-state index contributed by atoms with van der Waals surface area (Å²) in [7, 11) is 1.83. The molecule has 0 fully saturated rings. The van der Waals surface area contributed by atoms with E-state index in [0.29, 0.717) is 16.6 Å². The number of hydrogen-bond donors (Lipinski definition) is 0. The Morgan fingerprint density at radius 1 is 1.35 bits per heavy atom. The lowest BCUT2D eigenvalue weighted by atomic mass is 9.95. The first kappa shape index (κ1) is 17.1. The molecule has 1 rings (SSSR count). The van der Waals surface area contributed by atoms with Crippen LogP contribution < -0.4 is 0 Å². The van der Waals surface area contributed by atoms with Crippen LogP contribution in [-0.4, -0.2) is 24.4 Å². The summed E-state index contributed by atoms with van der Waals surface area (Å²) in [6.45, 7) is 8.24. The zero-order chi connectivity index (χ0) is 15.3. The predicted molar refractivity (Wildman–Crippen MR) is 86.5 cm³/mol. The van der Waals surface area contributed by atoms with Gasteiger partial charge in [0.25, 0.3) is 0 Å². The van der Waals surface area contributed by atoms with Crippen LogP contribution in [0.15, 0.2) is 30.9 Å². The highest BCUT2D eigenvalue weighted by Gasteiger charge is 2.19. The van der Waals surface area contributed by atoms with Gasteiger partial charge in [0.05, 0.1) is 10.0 Å². The van der Waals surface area contributed by atoms with Gasteiger partial charge in [-0.05, 0) is 24.1 Å². The van der Waals surface area contributed by atoms with E-state index in [2.05, 4.69) is 6.58 Å². The summed E-state index contributed by atoms with van der Waals surface area (Å²) in [4.78, 5) is 13.8. The van der Waals surface area contributed by atoms with Gasteiger partial charge in [-0.3, -0.25) is 4.79 Å². The highest BCUT2D eigenvalue weighted by molar-refractivity contribution is 6.42. The number of carbonyl (C=O) groups excluding carboxylic acids is 1. The Labute approximate surface area is 131 Å². The number of amides is 1. The molecule has 2 nitrogen and oxygen atoms in total. The number of nitrogens with zero attached hydrogens (tertiary/aromatic N) is 1. The molecule has 20 heavy (non-hydrogen) atoms. The second-order valence-corrected chi connectivity index (χ2v) is 6.08. The van der Waals surface area contributed by atoms with Crippen molar-refractivity contribution in [3.8, 4) is 0 Å². The first-order chi connectivity index (χ1) is 9.36. The minimum absolute atomic E-state index is 0.00168. The van der Waals surface area contributed by atoms with Gasteiger partial charge in [0.2, 0.25) is 5.91 Å². The molecule has 1 aromatic rings. The van der Waals surface area contributed by atoms with Crippen molar-refractivity contribution in [3.05, 3.63) is 46.5 Å². The third kappa shape index (κ3) is 4.53. The van der Waals surface area contributed by atoms with Crippen molar-refractivity contribution in [2.45, 2.75) is 26.2 Å². The first-order valence-corrected chi connectivity index (χ1v) is 7.43. The van der Waals surface area contributed by atoms with E-state index in [-0.39, 0.29) is 17.7 Å². The summed E-state index contributed by atoms with van der Waals surface area (Å²) in [5, 5.41) is 1.08. The van der Waals surface area contributed by atoms with E-state index < -0.39 is 0 Å². The van der Waals surface area contributed by atoms with E-state index in [0.717, 1.165) is 12.0 Å². The van der Waals surface area contributed by atoms with Gasteiger partial charge in [-0.1, -0.05) is 49.2 Å².